The minimum atomic E-state index is -3.95. The summed E-state index contributed by atoms with van der Waals surface area (Å²) in [6.07, 6.45) is 3.85. The standard InChI is InChI=1S/C14H20ClFN2O2S/c1-9-5-3-4-6-12(9)18(2)21(19,20)13-8-10(15)7-11(17)14(13)16/h7-9,12H,3-6,17H2,1-2H3. The molecule has 0 bridgehead atoms. The Hall–Kier alpha value is -0.850. The Morgan fingerprint density at radius 1 is 1.33 bits per heavy atom. The van der Waals surface area contributed by atoms with Crippen molar-refractivity contribution in [3.8, 4) is 0 Å². The van der Waals surface area contributed by atoms with Crippen molar-refractivity contribution in [2.24, 2.45) is 5.92 Å². The number of sulfonamides is 1. The predicted octanol–water partition coefficient (Wildman–Crippen LogP) is 3.26. The topological polar surface area (TPSA) is 63.4 Å². The molecule has 4 nitrogen and oxygen atoms in total. The fourth-order valence-electron chi connectivity index (χ4n) is 2.94. The van der Waals surface area contributed by atoms with Crippen LogP contribution in [-0.4, -0.2) is 25.8 Å². The zero-order valence-electron chi connectivity index (χ0n) is 12.1. The monoisotopic (exact) mass is 334 g/mol. The van der Waals surface area contributed by atoms with E-state index in [1.807, 2.05) is 6.92 Å². The van der Waals surface area contributed by atoms with Gasteiger partial charge in [0.15, 0.2) is 5.82 Å². The molecule has 1 aromatic rings. The van der Waals surface area contributed by atoms with Crippen molar-refractivity contribution in [3.63, 3.8) is 0 Å². The van der Waals surface area contributed by atoms with Gasteiger partial charge in [0.05, 0.1) is 5.69 Å². The number of hydrogen-bond donors (Lipinski definition) is 1. The summed E-state index contributed by atoms with van der Waals surface area (Å²) in [5, 5.41) is 0.109. The molecule has 0 aromatic heterocycles. The Kier molecular flexibility index (Phi) is 4.80. The number of halogens is 2. The molecule has 0 radical (unpaired) electrons. The molecular weight excluding hydrogens is 315 g/mol. The average Bonchev–Trinajstić information content (AvgIpc) is 2.42. The second kappa shape index (κ2) is 6.10. The fraction of sp³-hybridized carbons (Fsp3) is 0.571. The lowest BCUT2D eigenvalue weighted by atomic mass is 9.86. The molecule has 0 spiro atoms. The van der Waals surface area contributed by atoms with Crippen LogP contribution in [0.25, 0.3) is 0 Å². The molecule has 1 aliphatic carbocycles. The van der Waals surface area contributed by atoms with E-state index in [-0.39, 0.29) is 22.7 Å². The number of nitrogens with two attached hydrogens (primary N) is 1. The van der Waals surface area contributed by atoms with Crippen LogP contribution in [0.5, 0.6) is 0 Å². The second-order valence-corrected chi connectivity index (χ2v) is 8.06. The van der Waals surface area contributed by atoms with E-state index < -0.39 is 20.7 Å². The number of nitrogens with zero attached hydrogens (tertiary/aromatic N) is 1. The molecule has 7 heteroatoms. The minimum absolute atomic E-state index is 0.109. The number of nitrogen functional groups attached to an aromatic ring is 1. The third-order valence-corrected chi connectivity index (χ3v) is 6.32. The van der Waals surface area contributed by atoms with Gasteiger partial charge >= 0.3 is 0 Å². The van der Waals surface area contributed by atoms with Crippen LogP contribution in [0.15, 0.2) is 17.0 Å². The van der Waals surface area contributed by atoms with Crippen LogP contribution in [0, 0.1) is 11.7 Å². The van der Waals surface area contributed by atoms with Gasteiger partial charge in [-0.05, 0) is 30.9 Å². The Morgan fingerprint density at radius 2 is 1.95 bits per heavy atom. The second-order valence-electron chi connectivity index (χ2n) is 5.66. The highest BCUT2D eigenvalue weighted by atomic mass is 35.5. The molecule has 0 amide bonds. The molecule has 0 saturated heterocycles. The zero-order valence-corrected chi connectivity index (χ0v) is 13.7. The van der Waals surface area contributed by atoms with Gasteiger partial charge in [-0.2, -0.15) is 4.31 Å². The Morgan fingerprint density at radius 3 is 2.57 bits per heavy atom. The van der Waals surface area contributed by atoms with Crippen LogP contribution >= 0.6 is 11.6 Å². The van der Waals surface area contributed by atoms with Crippen molar-refractivity contribution in [3.05, 3.63) is 23.0 Å². The van der Waals surface area contributed by atoms with E-state index in [1.165, 1.54) is 17.4 Å². The van der Waals surface area contributed by atoms with Crippen LogP contribution in [-0.2, 0) is 10.0 Å². The van der Waals surface area contributed by atoms with E-state index in [9.17, 15) is 12.8 Å². The quantitative estimate of drug-likeness (QED) is 0.863. The number of hydrogen-bond acceptors (Lipinski definition) is 3. The molecule has 1 aliphatic rings. The summed E-state index contributed by atoms with van der Waals surface area (Å²) in [7, 11) is -2.45. The first-order valence-corrected chi connectivity index (χ1v) is 8.79. The number of benzene rings is 1. The van der Waals surface area contributed by atoms with E-state index in [1.54, 1.807) is 0 Å². The molecule has 21 heavy (non-hydrogen) atoms. The van der Waals surface area contributed by atoms with E-state index in [2.05, 4.69) is 0 Å². The van der Waals surface area contributed by atoms with Gasteiger partial charge in [-0.15, -0.1) is 0 Å². The van der Waals surface area contributed by atoms with Crippen LogP contribution < -0.4 is 5.73 Å². The van der Waals surface area contributed by atoms with Gasteiger partial charge < -0.3 is 5.73 Å². The van der Waals surface area contributed by atoms with Gasteiger partial charge in [0.25, 0.3) is 0 Å². The summed E-state index contributed by atoms with van der Waals surface area (Å²) >= 11 is 5.82. The third kappa shape index (κ3) is 3.17. The van der Waals surface area contributed by atoms with Crippen molar-refractivity contribution in [2.75, 3.05) is 12.8 Å². The normalized spacial score (nSPS) is 23.5. The van der Waals surface area contributed by atoms with Crippen LogP contribution in [0.4, 0.5) is 10.1 Å². The van der Waals surface area contributed by atoms with Gasteiger partial charge in [-0.1, -0.05) is 31.4 Å². The van der Waals surface area contributed by atoms with E-state index >= 15 is 0 Å². The molecular formula is C14H20ClFN2O2S. The lowest BCUT2D eigenvalue weighted by Crippen LogP contribution is -2.42. The maximum Gasteiger partial charge on any atom is 0.246 e. The fourth-order valence-corrected chi connectivity index (χ4v) is 4.83. The molecule has 2 unspecified atom stereocenters. The molecule has 118 valence electrons. The molecule has 1 fully saturated rings. The molecule has 2 N–H and O–H groups in total. The van der Waals surface area contributed by atoms with Crippen LogP contribution in [0.1, 0.15) is 32.6 Å². The molecule has 1 saturated carbocycles. The maximum absolute atomic E-state index is 14.1. The zero-order chi connectivity index (χ0) is 15.8. The van der Waals surface area contributed by atoms with Gasteiger partial charge in [0, 0.05) is 18.1 Å². The average molecular weight is 335 g/mol. The van der Waals surface area contributed by atoms with Crippen LogP contribution in [0.3, 0.4) is 0 Å². The van der Waals surface area contributed by atoms with Crippen molar-refractivity contribution in [1.82, 2.24) is 4.31 Å². The van der Waals surface area contributed by atoms with Crippen molar-refractivity contribution < 1.29 is 12.8 Å². The van der Waals surface area contributed by atoms with Crippen LogP contribution in [0.2, 0.25) is 5.02 Å². The first-order valence-electron chi connectivity index (χ1n) is 6.97. The highest BCUT2D eigenvalue weighted by Crippen LogP contribution is 2.33. The largest absolute Gasteiger partial charge is 0.396 e. The molecule has 2 atom stereocenters. The van der Waals surface area contributed by atoms with Gasteiger partial charge in [-0.25, -0.2) is 12.8 Å². The summed E-state index contributed by atoms with van der Waals surface area (Å²) in [4.78, 5) is -0.451. The highest BCUT2D eigenvalue weighted by Gasteiger charge is 2.35. The Labute approximate surface area is 130 Å². The summed E-state index contributed by atoms with van der Waals surface area (Å²) in [5.74, 6) is -0.687. The molecule has 0 aliphatic heterocycles. The van der Waals surface area contributed by atoms with Crippen molar-refractivity contribution >= 4 is 27.3 Å². The molecule has 0 heterocycles. The first kappa shape index (κ1) is 16.5. The number of anilines is 1. The minimum Gasteiger partial charge on any atom is -0.396 e. The van der Waals surface area contributed by atoms with Crippen molar-refractivity contribution in [1.29, 1.82) is 0 Å². The van der Waals surface area contributed by atoms with Gasteiger partial charge in [0.2, 0.25) is 10.0 Å². The lowest BCUT2D eigenvalue weighted by Gasteiger charge is -2.35. The first-order chi connectivity index (χ1) is 9.75. The van der Waals surface area contributed by atoms with E-state index in [0.717, 1.165) is 31.7 Å². The van der Waals surface area contributed by atoms with E-state index in [0.29, 0.717) is 0 Å². The lowest BCUT2D eigenvalue weighted by molar-refractivity contribution is 0.213. The SMILES string of the molecule is CC1CCCCC1N(C)S(=O)(=O)c1cc(Cl)cc(N)c1F. The molecule has 1 aromatic carbocycles. The highest BCUT2D eigenvalue weighted by molar-refractivity contribution is 7.89. The van der Waals surface area contributed by atoms with Gasteiger partial charge in [0.1, 0.15) is 4.90 Å². The molecule has 2 rings (SSSR count). The summed E-state index contributed by atoms with van der Waals surface area (Å²) < 4.78 is 40.7. The van der Waals surface area contributed by atoms with E-state index in [4.69, 9.17) is 17.3 Å². The van der Waals surface area contributed by atoms with Crippen molar-refractivity contribution in [2.45, 2.75) is 43.5 Å². The predicted molar refractivity (Wildman–Crippen MR) is 82.2 cm³/mol. The smallest absolute Gasteiger partial charge is 0.246 e. The Bertz CT molecular complexity index is 636. The number of rotatable bonds is 3. The maximum atomic E-state index is 14.1. The summed E-state index contributed by atoms with van der Waals surface area (Å²) in [6, 6.07) is 2.20. The third-order valence-electron chi connectivity index (χ3n) is 4.22. The Balaban J connectivity index is 2.42. The van der Waals surface area contributed by atoms with Gasteiger partial charge in [-0.3, -0.25) is 0 Å². The summed E-state index contributed by atoms with van der Waals surface area (Å²) in [5.41, 5.74) is 5.22. The summed E-state index contributed by atoms with van der Waals surface area (Å²) in [6.45, 7) is 2.03.